The van der Waals surface area contributed by atoms with Gasteiger partial charge in [-0.3, -0.25) is 9.69 Å². The Labute approximate surface area is 146 Å². The number of thioether (sulfide) groups is 1. The summed E-state index contributed by atoms with van der Waals surface area (Å²) in [5.41, 5.74) is 4.45. The van der Waals surface area contributed by atoms with Gasteiger partial charge in [-0.25, -0.2) is 0 Å². The Morgan fingerprint density at radius 3 is 2.52 bits per heavy atom. The topological polar surface area (TPSA) is 25.2 Å². The number of nitrogens with zero attached hydrogens (tertiary/aromatic N) is 2. The Hall–Kier alpha value is -1.85. The number of hydrogen-bond acceptors (Lipinski definition) is 3. The van der Waals surface area contributed by atoms with E-state index < -0.39 is 0 Å². The number of benzene rings is 1. The summed E-state index contributed by atoms with van der Waals surface area (Å²) in [6, 6.07) is 12.3. The molecule has 0 atom stereocenters. The Morgan fingerprint density at radius 1 is 1.22 bits per heavy atom. The molecule has 0 bridgehead atoms. The van der Waals surface area contributed by atoms with Crippen molar-refractivity contribution in [1.29, 1.82) is 0 Å². The van der Waals surface area contributed by atoms with Crippen molar-refractivity contribution in [3.63, 3.8) is 0 Å². The lowest BCUT2D eigenvalue weighted by molar-refractivity contribution is -0.121. The van der Waals surface area contributed by atoms with Crippen molar-refractivity contribution in [3.8, 4) is 5.69 Å². The molecule has 0 aliphatic carbocycles. The second-order valence-electron chi connectivity index (χ2n) is 5.42. The lowest BCUT2D eigenvalue weighted by Gasteiger charge is -2.10. The molecule has 2 heterocycles. The number of aromatic nitrogens is 1. The molecule has 5 heteroatoms. The molecule has 0 saturated carbocycles. The van der Waals surface area contributed by atoms with Crippen molar-refractivity contribution in [2.75, 3.05) is 6.54 Å². The standard InChI is InChI=1S/C18H18N2OS2/c1-4-19-17(21)16(23-18(19)22)11-14-10-12(2)20(13(14)3)15-8-6-5-7-9-15/h5-11H,4H2,1-3H3/b16-11+. The molecule has 1 saturated heterocycles. The summed E-state index contributed by atoms with van der Waals surface area (Å²) in [6.07, 6.45) is 1.96. The van der Waals surface area contributed by atoms with E-state index in [2.05, 4.69) is 36.6 Å². The van der Waals surface area contributed by atoms with E-state index in [0.717, 1.165) is 22.6 Å². The average molecular weight is 342 g/mol. The molecule has 0 N–H and O–H groups in total. The first-order chi connectivity index (χ1) is 11.0. The van der Waals surface area contributed by atoms with Gasteiger partial charge in [0.2, 0.25) is 0 Å². The highest BCUT2D eigenvalue weighted by molar-refractivity contribution is 8.26. The highest BCUT2D eigenvalue weighted by Crippen LogP contribution is 2.33. The number of amides is 1. The van der Waals surface area contributed by atoms with E-state index in [1.54, 1.807) is 4.90 Å². The van der Waals surface area contributed by atoms with Crippen LogP contribution in [0.5, 0.6) is 0 Å². The van der Waals surface area contributed by atoms with E-state index >= 15 is 0 Å². The first-order valence-electron chi connectivity index (χ1n) is 7.52. The van der Waals surface area contributed by atoms with E-state index in [-0.39, 0.29) is 5.91 Å². The number of carbonyl (C=O) groups is 1. The van der Waals surface area contributed by atoms with Gasteiger partial charge >= 0.3 is 0 Å². The third kappa shape index (κ3) is 2.86. The first-order valence-corrected chi connectivity index (χ1v) is 8.75. The van der Waals surface area contributed by atoms with Crippen LogP contribution in [0.3, 0.4) is 0 Å². The molecule has 0 unspecified atom stereocenters. The van der Waals surface area contributed by atoms with Crippen LogP contribution in [0.2, 0.25) is 0 Å². The smallest absolute Gasteiger partial charge is 0.266 e. The molecule has 0 spiro atoms. The van der Waals surface area contributed by atoms with Crippen LogP contribution in [-0.4, -0.2) is 26.2 Å². The fourth-order valence-corrected chi connectivity index (χ4v) is 4.20. The summed E-state index contributed by atoms with van der Waals surface area (Å²) in [5.74, 6) is 0.00649. The van der Waals surface area contributed by atoms with Crippen molar-refractivity contribution >= 4 is 40.3 Å². The van der Waals surface area contributed by atoms with Gasteiger partial charge in [-0.05, 0) is 50.6 Å². The molecule has 1 aliphatic rings. The average Bonchev–Trinajstić information content (AvgIpc) is 2.96. The number of carbonyl (C=O) groups excluding carboxylic acids is 1. The maximum absolute atomic E-state index is 12.4. The quantitative estimate of drug-likeness (QED) is 0.614. The predicted octanol–water partition coefficient (Wildman–Crippen LogP) is 4.32. The maximum Gasteiger partial charge on any atom is 0.266 e. The monoisotopic (exact) mass is 342 g/mol. The Morgan fingerprint density at radius 2 is 1.91 bits per heavy atom. The van der Waals surface area contributed by atoms with Gasteiger partial charge in [0.1, 0.15) is 4.32 Å². The predicted molar refractivity (Wildman–Crippen MR) is 101 cm³/mol. The molecule has 1 aliphatic heterocycles. The molecule has 23 heavy (non-hydrogen) atoms. The Balaban J connectivity index is 2.02. The van der Waals surface area contributed by atoms with Crippen molar-refractivity contribution in [2.24, 2.45) is 0 Å². The van der Waals surface area contributed by atoms with Crippen molar-refractivity contribution < 1.29 is 4.79 Å². The second-order valence-corrected chi connectivity index (χ2v) is 7.10. The summed E-state index contributed by atoms with van der Waals surface area (Å²) in [4.78, 5) is 14.7. The minimum Gasteiger partial charge on any atom is -0.318 e. The van der Waals surface area contributed by atoms with E-state index in [1.165, 1.54) is 11.8 Å². The summed E-state index contributed by atoms with van der Waals surface area (Å²) < 4.78 is 2.84. The van der Waals surface area contributed by atoms with Crippen LogP contribution in [0.15, 0.2) is 41.3 Å². The van der Waals surface area contributed by atoms with Crippen LogP contribution in [0.1, 0.15) is 23.9 Å². The highest BCUT2D eigenvalue weighted by atomic mass is 32.2. The zero-order chi connectivity index (χ0) is 16.6. The molecule has 1 aromatic carbocycles. The highest BCUT2D eigenvalue weighted by Gasteiger charge is 2.30. The fourth-order valence-electron chi connectivity index (χ4n) is 2.82. The van der Waals surface area contributed by atoms with Crippen LogP contribution in [0.4, 0.5) is 0 Å². The lowest BCUT2D eigenvalue weighted by Crippen LogP contribution is -2.27. The minimum absolute atomic E-state index is 0.00649. The van der Waals surface area contributed by atoms with Gasteiger partial charge in [-0.1, -0.05) is 42.2 Å². The SMILES string of the molecule is CCN1C(=O)/C(=C\c2cc(C)n(-c3ccccc3)c2C)SC1=S. The summed E-state index contributed by atoms with van der Waals surface area (Å²) in [6.45, 7) is 6.71. The zero-order valence-corrected chi connectivity index (χ0v) is 15.0. The number of likely N-dealkylation sites (N-methyl/N-ethyl adjacent to an activating group) is 1. The second kappa shape index (κ2) is 6.34. The number of rotatable bonds is 3. The maximum atomic E-state index is 12.4. The lowest BCUT2D eigenvalue weighted by atomic mass is 10.2. The van der Waals surface area contributed by atoms with Crippen LogP contribution in [0.25, 0.3) is 11.8 Å². The molecular formula is C18H18N2OS2. The van der Waals surface area contributed by atoms with Crippen LogP contribution in [0, 0.1) is 13.8 Å². The molecule has 3 rings (SSSR count). The fraction of sp³-hybridized carbons (Fsp3) is 0.222. The first kappa shape index (κ1) is 16.0. The summed E-state index contributed by atoms with van der Waals surface area (Å²) >= 11 is 6.65. The zero-order valence-electron chi connectivity index (χ0n) is 13.4. The normalized spacial score (nSPS) is 16.7. The van der Waals surface area contributed by atoms with Gasteiger partial charge in [-0.2, -0.15) is 0 Å². The summed E-state index contributed by atoms with van der Waals surface area (Å²) in [7, 11) is 0. The third-order valence-corrected chi connectivity index (χ3v) is 5.34. The van der Waals surface area contributed by atoms with Gasteiger partial charge < -0.3 is 4.57 Å². The summed E-state index contributed by atoms with van der Waals surface area (Å²) in [5, 5.41) is 0. The van der Waals surface area contributed by atoms with Gasteiger partial charge in [0.05, 0.1) is 4.91 Å². The minimum atomic E-state index is 0.00649. The molecule has 0 radical (unpaired) electrons. The van der Waals surface area contributed by atoms with Crippen LogP contribution >= 0.6 is 24.0 Å². The molecule has 2 aromatic rings. The Kier molecular flexibility index (Phi) is 4.41. The van der Waals surface area contributed by atoms with Crippen LogP contribution in [-0.2, 0) is 4.79 Å². The molecule has 118 valence electrons. The van der Waals surface area contributed by atoms with E-state index in [0.29, 0.717) is 15.8 Å². The van der Waals surface area contributed by atoms with E-state index in [9.17, 15) is 4.79 Å². The largest absolute Gasteiger partial charge is 0.318 e. The van der Waals surface area contributed by atoms with E-state index in [1.807, 2.05) is 31.2 Å². The number of para-hydroxylation sites is 1. The molecule has 1 amide bonds. The van der Waals surface area contributed by atoms with Gasteiger partial charge in [-0.15, -0.1) is 0 Å². The van der Waals surface area contributed by atoms with Crippen LogP contribution < -0.4 is 0 Å². The van der Waals surface area contributed by atoms with Crippen molar-refractivity contribution in [3.05, 3.63) is 58.3 Å². The third-order valence-electron chi connectivity index (χ3n) is 3.96. The molecule has 1 fully saturated rings. The number of hydrogen-bond donors (Lipinski definition) is 0. The van der Waals surface area contributed by atoms with Gasteiger partial charge in [0.15, 0.2) is 0 Å². The molecule has 3 nitrogen and oxygen atoms in total. The number of thiocarbonyl (C=S) groups is 1. The molecule has 1 aromatic heterocycles. The van der Waals surface area contributed by atoms with Crippen molar-refractivity contribution in [1.82, 2.24) is 9.47 Å². The van der Waals surface area contributed by atoms with E-state index in [4.69, 9.17) is 12.2 Å². The van der Waals surface area contributed by atoms with Crippen molar-refractivity contribution in [2.45, 2.75) is 20.8 Å². The van der Waals surface area contributed by atoms with Gasteiger partial charge in [0, 0.05) is 23.6 Å². The molecular weight excluding hydrogens is 324 g/mol. The Bertz CT molecular complexity index is 806. The number of aryl methyl sites for hydroxylation is 1. The van der Waals surface area contributed by atoms with Gasteiger partial charge in [0.25, 0.3) is 5.91 Å².